The van der Waals surface area contributed by atoms with Crippen molar-refractivity contribution in [3.05, 3.63) is 60.2 Å². The van der Waals surface area contributed by atoms with Crippen molar-refractivity contribution in [1.29, 1.82) is 0 Å². The molecule has 0 bridgehead atoms. The Bertz CT molecular complexity index is 700. The molecule has 2 aromatic carbocycles. The van der Waals surface area contributed by atoms with Gasteiger partial charge in [-0.3, -0.25) is 0 Å². The number of likely N-dealkylation sites (N-methyl/N-ethyl adjacent to an activating group) is 2. The molecule has 0 amide bonds. The van der Waals surface area contributed by atoms with E-state index < -0.39 is 9.84 Å². The van der Waals surface area contributed by atoms with E-state index in [1.54, 1.807) is 36.4 Å². The molecule has 0 saturated heterocycles. The molecule has 0 atom stereocenters. The van der Waals surface area contributed by atoms with Gasteiger partial charge in [-0.25, -0.2) is 8.42 Å². The molecule has 0 unspecified atom stereocenters. The van der Waals surface area contributed by atoms with Gasteiger partial charge >= 0.3 is 0 Å². The second-order valence-corrected chi connectivity index (χ2v) is 7.18. The minimum Gasteiger partial charge on any atom is -0.318 e. The largest absolute Gasteiger partial charge is 0.318 e. The molecule has 0 heterocycles. The summed E-state index contributed by atoms with van der Waals surface area (Å²) in [5.41, 5.74) is 0.824. The van der Waals surface area contributed by atoms with Crippen molar-refractivity contribution in [3.63, 3.8) is 0 Å². The molecule has 1 N–H and O–H groups in total. The van der Waals surface area contributed by atoms with E-state index >= 15 is 0 Å². The lowest BCUT2D eigenvalue weighted by molar-refractivity contribution is 0.325. The number of benzene rings is 2. The van der Waals surface area contributed by atoms with Crippen molar-refractivity contribution in [2.45, 2.75) is 16.3 Å². The molecule has 0 aromatic heterocycles. The van der Waals surface area contributed by atoms with Crippen LogP contribution in [0.3, 0.4) is 0 Å². The average molecular weight is 318 g/mol. The van der Waals surface area contributed by atoms with Crippen LogP contribution in [0.2, 0.25) is 0 Å². The quantitative estimate of drug-likeness (QED) is 0.850. The minimum atomic E-state index is -3.48. The second kappa shape index (κ2) is 7.54. The van der Waals surface area contributed by atoms with Crippen LogP contribution >= 0.6 is 0 Å². The number of rotatable bonds is 7. The first kappa shape index (κ1) is 16.7. The van der Waals surface area contributed by atoms with E-state index in [-0.39, 0.29) is 0 Å². The van der Waals surface area contributed by atoms with Crippen LogP contribution in [-0.4, -0.2) is 40.5 Å². The third kappa shape index (κ3) is 3.94. The molecule has 0 aliphatic carbocycles. The third-order valence-electron chi connectivity index (χ3n) is 3.50. The molecule has 118 valence electrons. The Morgan fingerprint density at radius 1 is 1.00 bits per heavy atom. The van der Waals surface area contributed by atoms with Crippen LogP contribution in [0, 0.1) is 0 Å². The van der Waals surface area contributed by atoms with Crippen LogP contribution in [0.15, 0.2) is 64.4 Å². The van der Waals surface area contributed by atoms with Crippen molar-refractivity contribution < 1.29 is 8.42 Å². The zero-order chi connectivity index (χ0) is 16.0. The average Bonchev–Trinajstić information content (AvgIpc) is 2.54. The summed E-state index contributed by atoms with van der Waals surface area (Å²) >= 11 is 0. The van der Waals surface area contributed by atoms with Crippen LogP contribution < -0.4 is 5.32 Å². The molecule has 4 nitrogen and oxygen atoms in total. The van der Waals surface area contributed by atoms with E-state index in [1.807, 2.05) is 32.3 Å². The Morgan fingerprint density at radius 2 is 1.64 bits per heavy atom. The maximum Gasteiger partial charge on any atom is 0.206 e. The Kier molecular flexibility index (Phi) is 5.71. The smallest absolute Gasteiger partial charge is 0.206 e. The predicted octanol–water partition coefficient (Wildman–Crippen LogP) is 2.17. The number of hydrogen-bond acceptors (Lipinski definition) is 4. The normalized spacial score (nSPS) is 11.8. The fourth-order valence-corrected chi connectivity index (χ4v) is 3.80. The monoisotopic (exact) mass is 318 g/mol. The van der Waals surface area contributed by atoms with Gasteiger partial charge in [-0.2, -0.15) is 0 Å². The van der Waals surface area contributed by atoms with Gasteiger partial charge in [-0.05, 0) is 37.9 Å². The summed E-state index contributed by atoms with van der Waals surface area (Å²) in [7, 11) is 0.416. The first-order chi connectivity index (χ1) is 10.6. The summed E-state index contributed by atoms with van der Waals surface area (Å²) in [6.45, 7) is 2.32. The Hall–Kier alpha value is -1.69. The van der Waals surface area contributed by atoms with Crippen molar-refractivity contribution in [2.24, 2.45) is 0 Å². The van der Waals surface area contributed by atoms with E-state index in [0.717, 1.165) is 18.7 Å². The SMILES string of the molecule is CNCCN(C)Cc1ccccc1S(=O)(=O)c1ccccc1. The van der Waals surface area contributed by atoms with Crippen LogP contribution in [0.4, 0.5) is 0 Å². The molecule has 0 radical (unpaired) electrons. The zero-order valence-electron chi connectivity index (χ0n) is 13.0. The fraction of sp³-hybridized carbons (Fsp3) is 0.294. The highest BCUT2D eigenvalue weighted by atomic mass is 32.2. The molecule has 0 saturated carbocycles. The van der Waals surface area contributed by atoms with Gasteiger partial charge in [-0.15, -0.1) is 0 Å². The van der Waals surface area contributed by atoms with Gasteiger partial charge < -0.3 is 10.2 Å². The van der Waals surface area contributed by atoms with E-state index in [4.69, 9.17) is 0 Å². The van der Waals surface area contributed by atoms with E-state index in [0.29, 0.717) is 16.3 Å². The van der Waals surface area contributed by atoms with E-state index in [1.165, 1.54) is 0 Å². The maximum absolute atomic E-state index is 12.8. The zero-order valence-corrected chi connectivity index (χ0v) is 13.8. The molecule has 2 rings (SSSR count). The first-order valence-electron chi connectivity index (χ1n) is 7.27. The molecule has 0 aliphatic rings. The number of sulfone groups is 1. The molecule has 0 spiro atoms. The van der Waals surface area contributed by atoms with Crippen molar-refractivity contribution >= 4 is 9.84 Å². The highest BCUT2D eigenvalue weighted by Crippen LogP contribution is 2.24. The standard InChI is InChI=1S/C17H22N2O2S/c1-18-12-13-19(2)14-15-8-6-7-11-17(15)22(20,21)16-9-4-3-5-10-16/h3-11,18H,12-14H2,1-2H3. The molecular formula is C17H22N2O2S. The predicted molar refractivity (Wildman–Crippen MR) is 88.6 cm³/mol. The minimum absolute atomic E-state index is 0.334. The van der Waals surface area contributed by atoms with Gasteiger partial charge in [0.15, 0.2) is 0 Å². The van der Waals surface area contributed by atoms with Gasteiger partial charge in [0.05, 0.1) is 9.79 Å². The first-order valence-corrected chi connectivity index (χ1v) is 8.75. The lowest BCUT2D eigenvalue weighted by atomic mass is 10.2. The molecule has 0 fully saturated rings. The van der Waals surface area contributed by atoms with Crippen LogP contribution in [0.1, 0.15) is 5.56 Å². The van der Waals surface area contributed by atoms with E-state index in [2.05, 4.69) is 10.2 Å². The fourth-order valence-electron chi connectivity index (χ4n) is 2.30. The van der Waals surface area contributed by atoms with Crippen LogP contribution in [-0.2, 0) is 16.4 Å². The van der Waals surface area contributed by atoms with Crippen LogP contribution in [0.25, 0.3) is 0 Å². The Balaban J connectivity index is 2.32. The van der Waals surface area contributed by atoms with Crippen molar-refractivity contribution in [3.8, 4) is 0 Å². The number of nitrogens with one attached hydrogen (secondary N) is 1. The lowest BCUT2D eigenvalue weighted by Crippen LogP contribution is -2.27. The summed E-state index contributed by atoms with van der Waals surface area (Å²) in [5, 5.41) is 3.10. The number of hydrogen-bond donors (Lipinski definition) is 1. The van der Waals surface area contributed by atoms with Crippen molar-refractivity contribution in [1.82, 2.24) is 10.2 Å². The highest BCUT2D eigenvalue weighted by molar-refractivity contribution is 7.91. The van der Waals surface area contributed by atoms with Crippen LogP contribution in [0.5, 0.6) is 0 Å². The highest BCUT2D eigenvalue weighted by Gasteiger charge is 2.20. The second-order valence-electron chi connectivity index (χ2n) is 5.27. The topological polar surface area (TPSA) is 49.4 Å². The lowest BCUT2D eigenvalue weighted by Gasteiger charge is -2.18. The summed E-state index contributed by atoms with van der Waals surface area (Å²) in [4.78, 5) is 2.83. The van der Waals surface area contributed by atoms with Gasteiger partial charge in [-0.1, -0.05) is 36.4 Å². The molecule has 22 heavy (non-hydrogen) atoms. The Labute approximate surface area is 132 Å². The van der Waals surface area contributed by atoms with E-state index in [9.17, 15) is 8.42 Å². The maximum atomic E-state index is 12.8. The summed E-state index contributed by atoms with van der Waals surface area (Å²) < 4.78 is 25.6. The van der Waals surface area contributed by atoms with Gasteiger partial charge in [0, 0.05) is 19.6 Å². The van der Waals surface area contributed by atoms with Gasteiger partial charge in [0.1, 0.15) is 0 Å². The summed E-state index contributed by atoms with van der Waals surface area (Å²) in [6, 6.07) is 15.8. The summed E-state index contributed by atoms with van der Waals surface area (Å²) in [5.74, 6) is 0. The summed E-state index contributed by atoms with van der Waals surface area (Å²) in [6.07, 6.45) is 0. The van der Waals surface area contributed by atoms with Gasteiger partial charge in [0.25, 0.3) is 0 Å². The number of nitrogens with zero attached hydrogens (tertiary/aromatic N) is 1. The van der Waals surface area contributed by atoms with Gasteiger partial charge in [0.2, 0.25) is 9.84 Å². The Morgan fingerprint density at radius 3 is 2.32 bits per heavy atom. The molecule has 0 aliphatic heterocycles. The molecule has 5 heteroatoms. The third-order valence-corrected chi connectivity index (χ3v) is 5.37. The van der Waals surface area contributed by atoms with Crippen molar-refractivity contribution in [2.75, 3.05) is 27.2 Å². The molecule has 2 aromatic rings. The molecular weight excluding hydrogens is 296 g/mol.